The summed E-state index contributed by atoms with van der Waals surface area (Å²) < 4.78 is 5.78. The summed E-state index contributed by atoms with van der Waals surface area (Å²) in [6.07, 6.45) is 10.1. The third-order valence-electron chi connectivity index (χ3n) is 4.48. The van der Waals surface area contributed by atoms with Crippen molar-refractivity contribution in [2.75, 3.05) is 13.6 Å². The van der Waals surface area contributed by atoms with Crippen molar-refractivity contribution in [2.24, 2.45) is 10.9 Å². The summed E-state index contributed by atoms with van der Waals surface area (Å²) in [6.45, 7) is 7.88. The highest BCUT2D eigenvalue weighted by Crippen LogP contribution is 2.28. The Hall–Kier alpha value is -0.790. The van der Waals surface area contributed by atoms with Gasteiger partial charge in [0.05, 0.1) is 12.7 Å². The Morgan fingerprint density at radius 3 is 2.58 bits per heavy atom. The summed E-state index contributed by atoms with van der Waals surface area (Å²) >= 11 is 0. The van der Waals surface area contributed by atoms with Crippen LogP contribution in [0.15, 0.2) is 15.6 Å². The van der Waals surface area contributed by atoms with Crippen LogP contribution in [0.4, 0.5) is 0 Å². The molecular weight excluding hydrogens is 415 g/mol. The van der Waals surface area contributed by atoms with Crippen molar-refractivity contribution in [3.63, 3.8) is 0 Å². The Morgan fingerprint density at radius 2 is 2.00 bits per heavy atom. The van der Waals surface area contributed by atoms with Gasteiger partial charge in [0.2, 0.25) is 5.89 Å². The second kappa shape index (κ2) is 10.3. The van der Waals surface area contributed by atoms with Gasteiger partial charge in [0.15, 0.2) is 5.96 Å². The van der Waals surface area contributed by atoms with E-state index >= 15 is 0 Å². The van der Waals surface area contributed by atoms with Crippen LogP contribution >= 0.6 is 24.0 Å². The van der Waals surface area contributed by atoms with E-state index in [9.17, 15) is 0 Å². The first-order valence-electron chi connectivity index (χ1n) is 8.88. The number of oxazole rings is 1. The number of hydrogen-bond donors (Lipinski definition) is 2. The number of aromatic nitrogens is 1. The standard InChI is InChI=1S/C18H32N4O.HI/c1-18(2,3)15-12-21-16(23-15)13-22-17(19-4)20-11-7-10-14-8-5-6-9-14;/h12,14H,5-11,13H2,1-4H3,(H2,19,20,22);1H. The van der Waals surface area contributed by atoms with Gasteiger partial charge in [-0.2, -0.15) is 0 Å². The number of hydrogen-bond acceptors (Lipinski definition) is 3. The fraction of sp³-hybridized carbons (Fsp3) is 0.778. The Morgan fingerprint density at radius 1 is 1.29 bits per heavy atom. The van der Waals surface area contributed by atoms with Gasteiger partial charge >= 0.3 is 0 Å². The molecule has 1 fully saturated rings. The first-order chi connectivity index (χ1) is 11.0. The lowest BCUT2D eigenvalue weighted by atomic mass is 9.94. The zero-order valence-corrected chi connectivity index (χ0v) is 17.9. The molecule has 1 aliphatic carbocycles. The van der Waals surface area contributed by atoms with Gasteiger partial charge in [-0.05, 0) is 18.8 Å². The molecule has 24 heavy (non-hydrogen) atoms. The molecule has 0 saturated heterocycles. The summed E-state index contributed by atoms with van der Waals surface area (Å²) in [5.41, 5.74) is -0.00852. The molecule has 1 aliphatic rings. The van der Waals surface area contributed by atoms with Gasteiger partial charge in [0.1, 0.15) is 5.76 Å². The van der Waals surface area contributed by atoms with E-state index in [4.69, 9.17) is 4.42 Å². The van der Waals surface area contributed by atoms with Crippen LogP contribution in [0, 0.1) is 5.92 Å². The maximum absolute atomic E-state index is 5.78. The lowest BCUT2D eigenvalue weighted by Crippen LogP contribution is -2.37. The van der Waals surface area contributed by atoms with Crippen LogP contribution in [0.3, 0.4) is 0 Å². The molecule has 1 heterocycles. The quantitative estimate of drug-likeness (QED) is 0.296. The summed E-state index contributed by atoms with van der Waals surface area (Å²) in [7, 11) is 1.79. The van der Waals surface area contributed by atoms with Gasteiger partial charge in [-0.15, -0.1) is 24.0 Å². The molecule has 0 aliphatic heterocycles. The van der Waals surface area contributed by atoms with Gasteiger partial charge in [0.25, 0.3) is 0 Å². The van der Waals surface area contributed by atoms with Gasteiger partial charge in [-0.25, -0.2) is 4.98 Å². The maximum Gasteiger partial charge on any atom is 0.213 e. The highest BCUT2D eigenvalue weighted by Gasteiger charge is 2.19. The topological polar surface area (TPSA) is 62.5 Å². The summed E-state index contributed by atoms with van der Waals surface area (Å²) in [5, 5.41) is 6.63. The number of nitrogens with one attached hydrogen (secondary N) is 2. The van der Waals surface area contributed by atoms with E-state index < -0.39 is 0 Å². The van der Waals surface area contributed by atoms with E-state index in [1.807, 2.05) is 6.20 Å². The average Bonchev–Trinajstić information content (AvgIpc) is 3.17. The molecule has 0 atom stereocenters. The van der Waals surface area contributed by atoms with Crippen LogP contribution in [0.25, 0.3) is 0 Å². The van der Waals surface area contributed by atoms with E-state index in [1.165, 1.54) is 38.5 Å². The summed E-state index contributed by atoms with van der Waals surface area (Å²) in [5.74, 6) is 3.37. The Bertz CT molecular complexity index is 501. The molecule has 1 saturated carbocycles. The third-order valence-corrected chi connectivity index (χ3v) is 4.48. The van der Waals surface area contributed by atoms with Crippen molar-refractivity contribution >= 4 is 29.9 Å². The lowest BCUT2D eigenvalue weighted by molar-refractivity contribution is 0.379. The molecule has 0 aromatic carbocycles. The van der Waals surface area contributed by atoms with Crippen LogP contribution < -0.4 is 10.6 Å². The van der Waals surface area contributed by atoms with Gasteiger partial charge in [-0.1, -0.05) is 46.5 Å². The van der Waals surface area contributed by atoms with E-state index in [2.05, 4.69) is 41.4 Å². The minimum atomic E-state index is -0.00852. The molecule has 1 aromatic heterocycles. The second-order valence-corrected chi connectivity index (χ2v) is 7.51. The fourth-order valence-electron chi connectivity index (χ4n) is 3.02. The molecule has 0 spiro atoms. The van der Waals surface area contributed by atoms with Gasteiger partial charge in [0, 0.05) is 19.0 Å². The van der Waals surface area contributed by atoms with Crippen LogP contribution in [-0.2, 0) is 12.0 Å². The zero-order chi connectivity index (χ0) is 16.7. The largest absolute Gasteiger partial charge is 0.443 e. The summed E-state index contributed by atoms with van der Waals surface area (Å²) in [6, 6.07) is 0. The molecule has 1 aromatic rings. The van der Waals surface area contributed by atoms with Crippen molar-refractivity contribution in [3.8, 4) is 0 Å². The predicted octanol–water partition coefficient (Wildman–Crippen LogP) is 4.23. The normalized spacial score (nSPS) is 16.1. The zero-order valence-electron chi connectivity index (χ0n) is 15.5. The van der Waals surface area contributed by atoms with Crippen molar-refractivity contribution in [3.05, 3.63) is 17.8 Å². The molecular formula is C18H33IN4O. The summed E-state index contributed by atoms with van der Waals surface area (Å²) in [4.78, 5) is 8.58. The molecule has 0 unspecified atom stereocenters. The highest BCUT2D eigenvalue weighted by molar-refractivity contribution is 14.0. The van der Waals surface area contributed by atoms with Crippen LogP contribution in [0.2, 0.25) is 0 Å². The third kappa shape index (κ3) is 6.99. The van der Waals surface area contributed by atoms with E-state index in [1.54, 1.807) is 7.05 Å². The predicted molar refractivity (Wildman–Crippen MR) is 110 cm³/mol. The van der Waals surface area contributed by atoms with E-state index in [0.29, 0.717) is 12.4 Å². The highest BCUT2D eigenvalue weighted by atomic mass is 127. The molecule has 2 rings (SSSR count). The minimum absolute atomic E-state index is 0. The SMILES string of the molecule is CN=C(NCCCC1CCCC1)NCc1ncc(C(C)(C)C)o1.I. The van der Waals surface area contributed by atoms with Crippen molar-refractivity contribution in [1.29, 1.82) is 0 Å². The molecule has 6 heteroatoms. The minimum Gasteiger partial charge on any atom is -0.443 e. The van der Waals surface area contributed by atoms with Crippen molar-refractivity contribution < 1.29 is 4.42 Å². The van der Waals surface area contributed by atoms with Gasteiger partial charge < -0.3 is 15.1 Å². The van der Waals surface area contributed by atoms with E-state index in [-0.39, 0.29) is 29.4 Å². The van der Waals surface area contributed by atoms with Crippen LogP contribution in [-0.4, -0.2) is 24.5 Å². The van der Waals surface area contributed by atoms with Gasteiger partial charge in [-0.3, -0.25) is 4.99 Å². The Kier molecular flexibility index (Phi) is 9.08. The average molecular weight is 448 g/mol. The molecule has 0 bridgehead atoms. The number of guanidine groups is 1. The molecule has 0 amide bonds. The maximum atomic E-state index is 5.78. The first-order valence-corrected chi connectivity index (χ1v) is 8.88. The van der Waals surface area contributed by atoms with Crippen molar-refractivity contribution in [2.45, 2.75) is 71.3 Å². The fourth-order valence-corrected chi connectivity index (χ4v) is 3.02. The monoisotopic (exact) mass is 448 g/mol. The molecule has 138 valence electrons. The molecule has 2 N–H and O–H groups in total. The van der Waals surface area contributed by atoms with Crippen LogP contribution in [0.1, 0.15) is 70.9 Å². The van der Waals surface area contributed by atoms with E-state index in [0.717, 1.165) is 24.2 Å². The molecule has 5 nitrogen and oxygen atoms in total. The first kappa shape index (κ1) is 21.3. The smallest absolute Gasteiger partial charge is 0.213 e. The van der Waals surface area contributed by atoms with Crippen LogP contribution in [0.5, 0.6) is 0 Å². The molecule has 0 radical (unpaired) electrons. The number of nitrogens with zero attached hydrogens (tertiary/aromatic N) is 2. The Balaban J connectivity index is 0.00000288. The second-order valence-electron chi connectivity index (χ2n) is 7.51. The van der Waals surface area contributed by atoms with Crippen molar-refractivity contribution in [1.82, 2.24) is 15.6 Å². The number of rotatable bonds is 6. The Labute approximate surface area is 163 Å². The lowest BCUT2D eigenvalue weighted by Gasteiger charge is -2.14. The number of halogens is 1. The number of aliphatic imine (C=N–C) groups is 1.